The van der Waals surface area contributed by atoms with Crippen LogP contribution in [0.25, 0.3) is 0 Å². The number of aliphatic hydroxyl groups excluding tert-OH is 1. The van der Waals surface area contributed by atoms with Crippen LogP contribution in [0.15, 0.2) is 0 Å². The van der Waals surface area contributed by atoms with Gasteiger partial charge in [-0.15, -0.1) is 0 Å². The van der Waals surface area contributed by atoms with E-state index in [2.05, 4.69) is 11.8 Å². The number of ether oxygens (including phenoxy) is 3. The highest BCUT2D eigenvalue weighted by Gasteiger charge is 2.46. The minimum atomic E-state index is -0.425. The van der Waals surface area contributed by atoms with Gasteiger partial charge in [-0.25, -0.2) is 0 Å². The van der Waals surface area contributed by atoms with Crippen molar-refractivity contribution >= 4 is 0 Å². The Morgan fingerprint density at radius 2 is 2.00 bits per heavy atom. The highest BCUT2D eigenvalue weighted by molar-refractivity contribution is 4.94. The van der Waals surface area contributed by atoms with Crippen LogP contribution in [0.3, 0.4) is 0 Å². The molecule has 5 heteroatoms. The normalized spacial score (nSPS) is 41.3. The SMILES string of the molecule is CC1CN(C2CC3(CCC2O)OCCO3)CCO1. The number of rotatable bonds is 1. The maximum Gasteiger partial charge on any atom is 0.170 e. The second-order valence-corrected chi connectivity index (χ2v) is 5.66. The minimum Gasteiger partial charge on any atom is -0.391 e. The minimum absolute atomic E-state index is 0.142. The Bertz CT molecular complexity index is 293. The molecule has 18 heavy (non-hydrogen) atoms. The van der Waals surface area contributed by atoms with E-state index in [0.29, 0.717) is 13.2 Å². The van der Waals surface area contributed by atoms with Crippen LogP contribution < -0.4 is 0 Å². The molecule has 1 spiro atoms. The van der Waals surface area contributed by atoms with E-state index in [1.54, 1.807) is 0 Å². The van der Waals surface area contributed by atoms with Gasteiger partial charge in [0, 0.05) is 32.0 Å². The molecule has 0 amide bonds. The molecule has 2 heterocycles. The molecule has 1 aliphatic carbocycles. The van der Waals surface area contributed by atoms with Gasteiger partial charge in [0.1, 0.15) is 0 Å². The van der Waals surface area contributed by atoms with Crippen LogP contribution in [-0.2, 0) is 14.2 Å². The molecule has 1 saturated carbocycles. The van der Waals surface area contributed by atoms with E-state index >= 15 is 0 Å². The first-order valence-corrected chi connectivity index (χ1v) is 7.00. The molecule has 3 unspecified atom stereocenters. The standard InChI is InChI=1S/C13H23NO4/c1-10-9-14(4-5-16-10)11-8-13(3-2-12(11)15)17-6-7-18-13/h10-12,15H,2-9H2,1H3. The smallest absolute Gasteiger partial charge is 0.170 e. The van der Waals surface area contributed by atoms with Gasteiger partial charge in [-0.2, -0.15) is 0 Å². The molecule has 2 saturated heterocycles. The van der Waals surface area contributed by atoms with Crippen LogP contribution in [0.1, 0.15) is 26.2 Å². The van der Waals surface area contributed by atoms with Crippen molar-refractivity contribution in [1.82, 2.24) is 4.90 Å². The molecule has 2 aliphatic heterocycles. The van der Waals surface area contributed by atoms with E-state index in [1.165, 1.54) is 0 Å². The van der Waals surface area contributed by atoms with Crippen LogP contribution in [0, 0.1) is 0 Å². The lowest BCUT2D eigenvalue weighted by molar-refractivity contribution is -0.210. The fourth-order valence-electron chi connectivity index (χ4n) is 3.40. The van der Waals surface area contributed by atoms with Gasteiger partial charge < -0.3 is 19.3 Å². The number of hydrogen-bond acceptors (Lipinski definition) is 5. The zero-order chi connectivity index (χ0) is 12.6. The second-order valence-electron chi connectivity index (χ2n) is 5.66. The number of hydrogen-bond donors (Lipinski definition) is 1. The lowest BCUT2D eigenvalue weighted by Gasteiger charge is -2.46. The lowest BCUT2D eigenvalue weighted by Crippen LogP contribution is -2.57. The monoisotopic (exact) mass is 257 g/mol. The first-order chi connectivity index (χ1) is 8.69. The van der Waals surface area contributed by atoms with Crippen molar-refractivity contribution in [3.05, 3.63) is 0 Å². The summed E-state index contributed by atoms with van der Waals surface area (Å²) >= 11 is 0. The highest BCUT2D eigenvalue weighted by Crippen LogP contribution is 2.38. The Labute approximate surface area is 108 Å². The van der Waals surface area contributed by atoms with Gasteiger partial charge >= 0.3 is 0 Å². The molecule has 104 valence electrons. The summed E-state index contributed by atoms with van der Waals surface area (Å²) in [5.41, 5.74) is 0. The molecule has 3 aliphatic rings. The van der Waals surface area contributed by atoms with E-state index in [9.17, 15) is 5.11 Å². The molecular weight excluding hydrogens is 234 g/mol. The zero-order valence-electron chi connectivity index (χ0n) is 11.0. The predicted octanol–water partition coefficient (Wildman–Crippen LogP) is 0.364. The van der Waals surface area contributed by atoms with Gasteiger partial charge in [-0.3, -0.25) is 4.90 Å². The Balaban J connectivity index is 1.68. The summed E-state index contributed by atoms with van der Waals surface area (Å²) in [6, 6.07) is 0.142. The third kappa shape index (κ3) is 2.42. The van der Waals surface area contributed by atoms with Gasteiger partial charge in [0.25, 0.3) is 0 Å². The van der Waals surface area contributed by atoms with Gasteiger partial charge in [0.2, 0.25) is 0 Å². The molecule has 0 bridgehead atoms. The van der Waals surface area contributed by atoms with Gasteiger partial charge in [-0.1, -0.05) is 0 Å². The van der Waals surface area contributed by atoms with Crippen LogP contribution in [0.4, 0.5) is 0 Å². The van der Waals surface area contributed by atoms with Crippen LogP contribution >= 0.6 is 0 Å². The van der Waals surface area contributed by atoms with Crippen molar-refractivity contribution in [3.8, 4) is 0 Å². The third-order valence-corrected chi connectivity index (χ3v) is 4.34. The molecule has 3 rings (SSSR count). The molecule has 3 fully saturated rings. The Kier molecular flexibility index (Phi) is 3.60. The number of aliphatic hydroxyl groups is 1. The van der Waals surface area contributed by atoms with Crippen molar-refractivity contribution in [1.29, 1.82) is 0 Å². The molecule has 0 aromatic carbocycles. The predicted molar refractivity (Wildman–Crippen MR) is 65.3 cm³/mol. The van der Waals surface area contributed by atoms with Crippen molar-refractivity contribution in [2.75, 3.05) is 32.9 Å². The maximum absolute atomic E-state index is 10.3. The van der Waals surface area contributed by atoms with Crippen molar-refractivity contribution in [2.45, 2.75) is 50.2 Å². The highest BCUT2D eigenvalue weighted by atomic mass is 16.7. The quantitative estimate of drug-likeness (QED) is 0.735. The molecule has 5 nitrogen and oxygen atoms in total. The number of nitrogens with zero attached hydrogens (tertiary/aromatic N) is 1. The average molecular weight is 257 g/mol. The van der Waals surface area contributed by atoms with E-state index in [1.807, 2.05) is 0 Å². The topological polar surface area (TPSA) is 51.2 Å². The molecular formula is C13H23NO4. The summed E-state index contributed by atoms with van der Waals surface area (Å²) in [5, 5.41) is 10.3. The average Bonchev–Trinajstić information content (AvgIpc) is 2.81. The first-order valence-electron chi connectivity index (χ1n) is 7.00. The fourth-order valence-corrected chi connectivity index (χ4v) is 3.40. The van der Waals surface area contributed by atoms with Crippen molar-refractivity contribution < 1.29 is 19.3 Å². The van der Waals surface area contributed by atoms with E-state index in [0.717, 1.165) is 39.0 Å². The van der Waals surface area contributed by atoms with E-state index in [-0.39, 0.29) is 18.2 Å². The summed E-state index contributed by atoms with van der Waals surface area (Å²) in [6.45, 7) is 5.98. The second kappa shape index (κ2) is 5.06. The summed E-state index contributed by atoms with van der Waals surface area (Å²) < 4.78 is 17.1. The summed E-state index contributed by atoms with van der Waals surface area (Å²) in [7, 11) is 0. The molecule has 0 aromatic heterocycles. The summed E-state index contributed by atoms with van der Waals surface area (Å²) in [6.07, 6.45) is 2.32. The Hall–Kier alpha value is -0.200. The van der Waals surface area contributed by atoms with Gasteiger partial charge in [0.05, 0.1) is 32.0 Å². The van der Waals surface area contributed by atoms with Crippen molar-refractivity contribution in [3.63, 3.8) is 0 Å². The summed E-state index contributed by atoms with van der Waals surface area (Å²) in [4.78, 5) is 2.34. The van der Waals surface area contributed by atoms with Crippen LogP contribution in [-0.4, -0.2) is 67.0 Å². The fraction of sp³-hybridized carbons (Fsp3) is 1.00. The Morgan fingerprint density at radius 1 is 1.22 bits per heavy atom. The van der Waals surface area contributed by atoms with Crippen LogP contribution in [0.2, 0.25) is 0 Å². The van der Waals surface area contributed by atoms with Crippen LogP contribution in [0.5, 0.6) is 0 Å². The van der Waals surface area contributed by atoms with Crippen molar-refractivity contribution in [2.24, 2.45) is 0 Å². The molecule has 3 atom stereocenters. The molecule has 0 aromatic rings. The largest absolute Gasteiger partial charge is 0.391 e. The van der Waals surface area contributed by atoms with Gasteiger partial charge in [-0.05, 0) is 13.3 Å². The zero-order valence-corrected chi connectivity index (χ0v) is 11.0. The lowest BCUT2D eigenvalue weighted by atomic mass is 9.86. The molecule has 1 N–H and O–H groups in total. The van der Waals surface area contributed by atoms with E-state index in [4.69, 9.17) is 14.2 Å². The number of morpholine rings is 1. The van der Waals surface area contributed by atoms with Gasteiger partial charge in [0.15, 0.2) is 5.79 Å². The Morgan fingerprint density at radius 3 is 2.72 bits per heavy atom. The third-order valence-electron chi connectivity index (χ3n) is 4.34. The first kappa shape index (κ1) is 12.8. The maximum atomic E-state index is 10.3. The molecule has 0 radical (unpaired) electrons. The van der Waals surface area contributed by atoms with E-state index < -0.39 is 5.79 Å². The summed E-state index contributed by atoms with van der Waals surface area (Å²) in [5.74, 6) is -0.425.